The molecule has 156 valence electrons. The minimum atomic E-state index is 0.133. The normalized spacial score (nSPS) is 18.4. The predicted octanol–water partition coefficient (Wildman–Crippen LogP) is 2.93. The molecule has 3 heterocycles. The van der Waals surface area contributed by atoms with Gasteiger partial charge in [-0.2, -0.15) is 0 Å². The van der Waals surface area contributed by atoms with Gasteiger partial charge in [0.2, 0.25) is 0 Å². The van der Waals surface area contributed by atoms with Gasteiger partial charge in [0.05, 0.1) is 12.7 Å². The number of nitrogens with zero attached hydrogens (tertiary/aromatic N) is 3. The predicted molar refractivity (Wildman–Crippen MR) is 112 cm³/mol. The first-order valence-electron chi connectivity index (χ1n) is 10.5. The van der Waals surface area contributed by atoms with Crippen LogP contribution in [0.4, 0.5) is 0 Å². The summed E-state index contributed by atoms with van der Waals surface area (Å²) in [4.78, 5) is 20.1. The van der Waals surface area contributed by atoms with Crippen molar-refractivity contribution in [2.24, 2.45) is 0 Å². The number of likely N-dealkylation sites (N-methyl/N-ethyl adjacent to an activating group) is 1. The number of amides is 1. The zero-order valence-electron chi connectivity index (χ0n) is 17.7. The third-order valence-electron chi connectivity index (χ3n) is 6.09. The molecule has 0 unspecified atom stereocenters. The van der Waals surface area contributed by atoms with Crippen LogP contribution in [-0.2, 0) is 19.5 Å². The summed E-state index contributed by atoms with van der Waals surface area (Å²) in [5.74, 6) is 2.76. The van der Waals surface area contributed by atoms with E-state index in [-0.39, 0.29) is 5.91 Å². The molecule has 1 aromatic heterocycles. The second-order valence-electron chi connectivity index (χ2n) is 8.19. The smallest absolute Gasteiger partial charge is 0.257 e. The summed E-state index contributed by atoms with van der Waals surface area (Å²) >= 11 is 0. The third kappa shape index (κ3) is 4.33. The molecule has 1 fully saturated rings. The Hall–Kier alpha value is -2.31. The van der Waals surface area contributed by atoms with E-state index >= 15 is 0 Å². The molecule has 0 radical (unpaired) electrons. The molecule has 1 aromatic carbocycles. The number of ether oxygens (including phenoxy) is 1. The van der Waals surface area contributed by atoms with E-state index in [0.717, 1.165) is 87.1 Å². The molecule has 2 aliphatic heterocycles. The topological polar surface area (TPSA) is 49.2 Å². The minimum absolute atomic E-state index is 0.133. The van der Waals surface area contributed by atoms with Crippen LogP contribution in [-0.4, -0.2) is 67.5 Å². The lowest BCUT2D eigenvalue weighted by Crippen LogP contribution is -2.36. The van der Waals surface area contributed by atoms with E-state index in [9.17, 15) is 4.79 Å². The number of aryl methyl sites for hydroxylation is 1. The molecular weight excluding hydrogens is 366 g/mol. The van der Waals surface area contributed by atoms with Gasteiger partial charge in [0.15, 0.2) is 0 Å². The average molecular weight is 398 g/mol. The maximum Gasteiger partial charge on any atom is 0.257 e. The molecule has 6 heteroatoms. The molecule has 0 aliphatic carbocycles. The molecule has 1 amide bonds. The molecular formula is C23H31N3O3. The van der Waals surface area contributed by atoms with Crippen LogP contribution < -0.4 is 4.74 Å². The summed E-state index contributed by atoms with van der Waals surface area (Å²) < 4.78 is 11.3. The number of hydrogen-bond donors (Lipinski definition) is 0. The number of hydrogen-bond acceptors (Lipinski definition) is 5. The molecule has 29 heavy (non-hydrogen) atoms. The Labute approximate surface area is 173 Å². The van der Waals surface area contributed by atoms with Crippen LogP contribution in [0, 0.1) is 6.92 Å². The highest BCUT2D eigenvalue weighted by Gasteiger charge is 2.31. The average Bonchev–Trinajstić information content (AvgIpc) is 2.89. The number of benzene rings is 1. The molecule has 0 N–H and O–H groups in total. The zero-order valence-corrected chi connectivity index (χ0v) is 17.7. The molecule has 4 rings (SSSR count). The van der Waals surface area contributed by atoms with E-state index in [0.29, 0.717) is 0 Å². The maximum atomic E-state index is 13.4. The Morgan fingerprint density at radius 2 is 1.90 bits per heavy atom. The molecule has 2 aliphatic rings. The summed E-state index contributed by atoms with van der Waals surface area (Å²) in [5, 5.41) is 0. The van der Waals surface area contributed by atoms with Crippen molar-refractivity contribution in [1.82, 2.24) is 14.7 Å². The van der Waals surface area contributed by atoms with Gasteiger partial charge in [-0.1, -0.05) is 12.1 Å². The van der Waals surface area contributed by atoms with E-state index in [1.165, 1.54) is 5.56 Å². The van der Waals surface area contributed by atoms with E-state index in [1.807, 2.05) is 24.0 Å². The highest BCUT2D eigenvalue weighted by molar-refractivity contribution is 5.97. The van der Waals surface area contributed by atoms with Gasteiger partial charge in [-0.05, 0) is 44.6 Å². The second kappa shape index (κ2) is 8.59. The molecule has 6 nitrogen and oxygen atoms in total. The molecule has 2 aromatic rings. The van der Waals surface area contributed by atoms with Gasteiger partial charge in [0.25, 0.3) is 5.91 Å². The number of furan rings is 1. The molecule has 0 saturated carbocycles. The number of methoxy groups -OCH3 is 1. The lowest BCUT2D eigenvalue weighted by molar-refractivity contribution is 0.0759. The fraction of sp³-hybridized carbons (Fsp3) is 0.522. The maximum absolute atomic E-state index is 13.4. The van der Waals surface area contributed by atoms with E-state index in [1.54, 1.807) is 7.11 Å². The Kier molecular flexibility index (Phi) is 5.92. The van der Waals surface area contributed by atoms with Crippen molar-refractivity contribution < 1.29 is 13.9 Å². The SMILES string of the molecule is COc1ccc(CN2CCc3oc(C)c(C(=O)N4CCCN(C)CC4)c3C2)cc1. The van der Waals surface area contributed by atoms with Gasteiger partial charge in [-0.3, -0.25) is 9.69 Å². The Morgan fingerprint density at radius 1 is 1.10 bits per heavy atom. The van der Waals surface area contributed by atoms with Gasteiger partial charge in [0.1, 0.15) is 17.3 Å². The van der Waals surface area contributed by atoms with E-state index < -0.39 is 0 Å². The van der Waals surface area contributed by atoms with Crippen molar-refractivity contribution in [1.29, 1.82) is 0 Å². The van der Waals surface area contributed by atoms with Crippen LogP contribution in [0.2, 0.25) is 0 Å². The van der Waals surface area contributed by atoms with Crippen molar-refractivity contribution in [3.05, 3.63) is 52.5 Å². The van der Waals surface area contributed by atoms with Gasteiger partial charge < -0.3 is 19.0 Å². The zero-order chi connectivity index (χ0) is 20.4. The van der Waals surface area contributed by atoms with Crippen LogP contribution >= 0.6 is 0 Å². The molecule has 1 saturated heterocycles. The van der Waals surface area contributed by atoms with E-state index in [4.69, 9.17) is 9.15 Å². The fourth-order valence-corrected chi connectivity index (χ4v) is 4.39. The molecule has 0 bridgehead atoms. The van der Waals surface area contributed by atoms with Crippen molar-refractivity contribution in [2.45, 2.75) is 32.9 Å². The first kappa shape index (κ1) is 20.0. The standard InChI is InChI=1S/C23H31N3O3/c1-17-22(23(27)26-11-4-10-24(2)13-14-26)20-16-25(12-9-21(20)29-17)15-18-5-7-19(28-3)8-6-18/h5-8H,4,9-16H2,1-3H3. The third-order valence-corrected chi connectivity index (χ3v) is 6.09. The number of rotatable bonds is 4. The monoisotopic (exact) mass is 397 g/mol. The second-order valence-corrected chi connectivity index (χ2v) is 8.19. The van der Waals surface area contributed by atoms with Gasteiger partial charge in [0, 0.05) is 51.3 Å². The molecule has 0 atom stereocenters. The minimum Gasteiger partial charge on any atom is -0.497 e. The number of fused-ring (bicyclic) bond motifs is 1. The van der Waals surface area contributed by atoms with Gasteiger partial charge in [-0.15, -0.1) is 0 Å². The fourth-order valence-electron chi connectivity index (χ4n) is 4.39. The summed E-state index contributed by atoms with van der Waals surface area (Å²) in [6.07, 6.45) is 1.87. The van der Waals surface area contributed by atoms with E-state index in [2.05, 4.69) is 29.0 Å². The van der Waals surface area contributed by atoms with Crippen LogP contribution in [0.25, 0.3) is 0 Å². The number of carbonyl (C=O) groups is 1. The van der Waals surface area contributed by atoms with Crippen LogP contribution in [0.1, 0.15) is 39.4 Å². The largest absolute Gasteiger partial charge is 0.497 e. The first-order valence-corrected chi connectivity index (χ1v) is 10.5. The Bertz CT molecular complexity index is 859. The lowest BCUT2D eigenvalue weighted by atomic mass is 10.0. The quantitative estimate of drug-likeness (QED) is 0.794. The highest BCUT2D eigenvalue weighted by Crippen LogP contribution is 2.30. The van der Waals surface area contributed by atoms with Crippen LogP contribution in [0.15, 0.2) is 28.7 Å². The van der Waals surface area contributed by atoms with Gasteiger partial charge >= 0.3 is 0 Å². The van der Waals surface area contributed by atoms with Crippen molar-refractivity contribution in [3.63, 3.8) is 0 Å². The highest BCUT2D eigenvalue weighted by atomic mass is 16.5. The summed E-state index contributed by atoms with van der Waals surface area (Å²) in [6, 6.07) is 8.21. The Balaban J connectivity index is 1.50. The first-order chi connectivity index (χ1) is 14.0. The van der Waals surface area contributed by atoms with Crippen molar-refractivity contribution in [2.75, 3.05) is 46.9 Å². The molecule has 0 spiro atoms. The Morgan fingerprint density at radius 3 is 2.66 bits per heavy atom. The van der Waals surface area contributed by atoms with Crippen LogP contribution in [0.3, 0.4) is 0 Å². The van der Waals surface area contributed by atoms with Crippen molar-refractivity contribution >= 4 is 5.91 Å². The van der Waals surface area contributed by atoms with Crippen LogP contribution in [0.5, 0.6) is 5.75 Å². The van der Waals surface area contributed by atoms with Crippen molar-refractivity contribution in [3.8, 4) is 5.75 Å². The summed E-state index contributed by atoms with van der Waals surface area (Å²) in [7, 11) is 3.80. The number of carbonyl (C=O) groups excluding carboxylic acids is 1. The lowest BCUT2D eigenvalue weighted by Gasteiger charge is -2.27. The van der Waals surface area contributed by atoms with Gasteiger partial charge in [-0.25, -0.2) is 0 Å². The summed E-state index contributed by atoms with van der Waals surface area (Å²) in [6.45, 7) is 8.06. The summed E-state index contributed by atoms with van der Waals surface area (Å²) in [5.41, 5.74) is 3.13.